The lowest BCUT2D eigenvalue weighted by Crippen LogP contribution is -2.39. The summed E-state index contributed by atoms with van der Waals surface area (Å²) in [5, 5.41) is 2.38. The topological polar surface area (TPSA) is 55.4 Å². The zero-order chi connectivity index (χ0) is 13.1. The van der Waals surface area contributed by atoms with Gasteiger partial charge in [-0.05, 0) is 30.0 Å². The molecule has 1 saturated heterocycles. The first-order valence-electron chi connectivity index (χ1n) is 6.16. The van der Waals surface area contributed by atoms with Crippen molar-refractivity contribution >= 4 is 11.8 Å². The van der Waals surface area contributed by atoms with E-state index in [2.05, 4.69) is 12.2 Å². The number of methoxy groups -OCH3 is 1. The van der Waals surface area contributed by atoms with Crippen LogP contribution in [0.1, 0.15) is 36.8 Å². The highest BCUT2D eigenvalue weighted by molar-refractivity contribution is 6.00. The number of hydrogen-bond acceptors (Lipinski definition) is 3. The van der Waals surface area contributed by atoms with Crippen molar-refractivity contribution in [2.75, 3.05) is 7.11 Å². The van der Waals surface area contributed by atoms with E-state index in [9.17, 15) is 9.59 Å². The van der Waals surface area contributed by atoms with E-state index in [0.29, 0.717) is 12.8 Å². The summed E-state index contributed by atoms with van der Waals surface area (Å²) in [6.45, 7) is 2.06. The average molecular weight is 247 g/mol. The van der Waals surface area contributed by atoms with Crippen LogP contribution in [0.5, 0.6) is 5.75 Å². The maximum absolute atomic E-state index is 11.8. The third kappa shape index (κ3) is 2.37. The Balaban J connectivity index is 2.28. The molecule has 0 bridgehead atoms. The first kappa shape index (κ1) is 12.6. The summed E-state index contributed by atoms with van der Waals surface area (Å²) in [7, 11) is 1.63. The molecule has 1 heterocycles. The van der Waals surface area contributed by atoms with Crippen LogP contribution < -0.4 is 10.1 Å². The molecule has 4 heteroatoms. The quantitative estimate of drug-likeness (QED) is 0.828. The molecule has 96 valence electrons. The largest absolute Gasteiger partial charge is 0.496 e. The van der Waals surface area contributed by atoms with E-state index in [1.807, 2.05) is 18.2 Å². The first-order chi connectivity index (χ1) is 8.65. The third-order valence-corrected chi connectivity index (χ3v) is 3.33. The van der Waals surface area contributed by atoms with E-state index in [-0.39, 0.29) is 17.7 Å². The molecule has 1 N–H and O–H groups in total. The van der Waals surface area contributed by atoms with Crippen LogP contribution in [0.15, 0.2) is 18.2 Å². The number of hydrogen-bond donors (Lipinski definition) is 1. The van der Waals surface area contributed by atoms with Crippen LogP contribution in [0, 0.1) is 0 Å². The fraction of sp³-hybridized carbons (Fsp3) is 0.429. The second-order valence-corrected chi connectivity index (χ2v) is 4.43. The molecule has 0 spiro atoms. The molecule has 18 heavy (non-hydrogen) atoms. The number of ether oxygens (including phenoxy) is 1. The molecule has 2 rings (SSSR count). The SMILES string of the molecule is CCc1ccc(C2CCC(=O)NC2=O)cc1OC. The van der Waals surface area contributed by atoms with Crippen molar-refractivity contribution in [2.45, 2.75) is 32.1 Å². The van der Waals surface area contributed by atoms with Gasteiger partial charge in [0.15, 0.2) is 0 Å². The molecular weight excluding hydrogens is 230 g/mol. The van der Waals surface area contributed by atoms with Gasteiger partial charge in [-0.25, -0.2) is 0 Å². The summed E-state index contributed by atoms with van der Waals surface area (Å²) >= 11 is 0. The molecular formula is C14H17NO3. The molecule has 4 nitrogen and oxygen atoms in total. The van der Waals surface area contributed by atoms with Crippen LogP contribution in [0.25, 0.3) is 0 Å². The van der Waals surface area contributed by atoms with Crippen LogP contribution in [0.2, 0.25) is 0 Å². The summed E-state index contributed by atoms with van der Waals surface area (Å²) in [6.07, 6.45) is 1.85. The molecule has 0 radical (unpaired) electrons. The van der Waals surface area contributed by atoms with Crippen LogP contribution >= 0.6 is 0 Å². The molecule has 1 fully saturated rings. The normalized spacial score (nSPS) is 19.6. The number of piperidine rings is 1. The Bertz CT molecular complexity index is 482. The number of carbonyl (C=O) groups is 2. The van der Waals surface area contributed by atoms with Crippen molar-refractivity contribution in [3.63, 3.8) is 0 Å². The lowest BCUT2D eigenvalue weighted by Gasteiger charge is -2.22. The highest BCUT2D eigenvalue weighted by Crippen LogP contribution is 2.29. The highest BCUT2D eigenvalue weighted by atomic mass is 16.5. The number of benzene rings is 1. The van der Waals surface area contributed by atoms with Crippen LogP contribution in [0.4, 0.5) is 0 Å². The van der Waals surface area contributed by atoms with E-state index in [4.69, 9.17) is 4.74 Å². The summed E-state index contributed by atoms with van der Waals surface area (Å²) in [6, 6.07) is 5.83. The third-order valence-electron chi connectivity index (χ3n) is 3.33. The fourth-order valence-electron chi connectivity index (χ4n) is 2.28. The van der Waals surface area contributed by atoms with Crippen molar-refractivity contribution in [1.82, 2.24) is 5.32 Å². The van der Waals surface area contributed by atoms with Crippen LogP contribution in [-0.4, -0.2) is 18.9 Å². The Morgan fingerprint density at radius 3 is 2.78 bits per heavy atom. The summed E-state index contributed by atoms with van der Waals surface area (Å²) < 4.78 is 5.33. The van der Waals surface area contributed by atoms with Crippen molar-refractivity contribution in [3.8, 4) is 5.75 Å². The molecule has 1 aliphatic rings. The summed E-state index contributed by atoms with van der Waals surface area (Å²) in [5.74, 6) is 0.160. The van der Waals surface area contributed by atoms with Gasteiger partial charge in [0.25, 0.3) is 0 Å². The Morgan fingerprint density at radius 2 is 2.17 bits per heavy atom. The van der Waals surface area contributed by atoms with E-state index in [1.165, 1.54) is 0 Å². The first-order valence-corrected chi connectivity index (χ1v) is 6.16. The molecule has 0 aromatic heterocycles. The Hall–Kier alpha value is -1.84. The van der Waals surface area contributed by atoms with Crippen molar-refractivity contribution in [3.05, 3.63) is 29.3 Å². The molecule has 0 saturated carbocycles. The van der Waals surface area contributed by atoms with Gasteiger partial charge in [-0.3, -0.25) is 14.9 Å². The van der Waals surface area contributed by atoms with E-state index >= 15 is 0 Å². The fourth-order valence-corrected chi connectivity index (χ4v) is 2.28. The second kappa shape index (κ2) is 5.21. The van der Waals surface area contributed by atoms with Gasteiger partial charge >= 0.3 is 0 Å². The average Bonchev–Trinajstić information content (AvgIpc) is 2.38. The van der Waals surface area contributed by atoms with E-state index < -0.39 is 0 Å². The number of rotatable bonds is 3. The Morgan fingerprint density at radius 1 is 1.39 bits per heavy atom. The standard InChI is InChI=1S/C14H17NO3/c1-3-9-4-5-10(8-12(9)18-2)11-6-7-13(16)15-14(11)17/h4-5,8,11H,3,6-7H2,1-2H3,(H,15,16,17). The van der Waals surface area contributed by atoms with Crippen molar-refractivity contribution in [2.24, 2.45) is 0 Å². The van der Waals surface area contributed by atoms with Gasteiger partial charge < -0.3 is 4.74 Å². The van der Waals surface area contributed by atoms with E-state index in [1.54, 1.807) is 7.11 Å². The molecule has 1 aliphatic heterocycles. The van der Waals surface area contributed by atoms with Gasteiger partial charge in [0.05, 0.1) is 13.0 Å². The molecule has 1 aromatic carbocycles. The maximum atomic E-state index is 11.8. The zero-order valence-corrected chi connectivity index (χ0v) is 10.7. The predicted octanol–water partition coefficient (Wildman–Crippen LogP) is 1.78. The van der Waals surface area contributed by atoms with Gasteiger partial charge in [-0.15, -0.1) is 0 Å². The molecule has 1 unspecified atom stereocenters. The predicted molar refractivity (Wildman–Crippen MR) is 67.5 cm³/mol. The molecule has 1 aromatic rings. The van der Waals surface area contributed by atoms with Gasteiger partial charge in [0.2, 0.25) is 11.8 Å². The zero-order valence-electron chi connectivity index (χ0n) is 10.7. The number of aryl methyl sites for hydroxylation is 1. The molecule has 1 atom stereocenters. The highest BCUT2D eigenvalue weighted by Gasteiger charge is 2.28. The van der Waals surface area contributed by atoms with E-state index in [0.717, 1.165) is 23.3 Å². The lowest BCUT2D eigenvalue weighted by atomic mass is 9.89. The number of carbonyl (C=O) groups excluding carboxylic acids is 2. The van der Waals surface area contributed by atoms with Gasteiger partial charge in [0.1, 0.15) is 5.75 Å². The minimum atomic E-state index is -0.248. The summed E-state index contributed by atoms with van der Waals surface area (Å²) in [4.78, 5) is 22.9. The molecule has 0 aliphatic carbocycles. The monoisotopic (exact) mass is 247 g/mol. The van der Waals surface area contributed by atoms with Crippen LogP contribution in [-0.2, 0) is 16.0 Å². The number of amides is 2. The van der Waals surface area contributed by atoms with Crippen molar-refractivity contribution < 1.29 is 14.3 Å². The van der Waals surface area contributed by atoms with Crippen LogP contribution in [0.3, 0.4) is 0 Å². The molecule has 2 amide bonds. The van der Waals surface area contributed by atoms with Gasteiger partial charge in [-0.2, -0.15) is 0 Å². The smallest absolute Gasteiger partial charge is 0.234 e. The van der Waals surface area contributed by atoms with Crippen molar-refractivity contribution in [1.29, 1.82) is 0 Å². The minimum absolute atomic E-state index is 0.187. The second-order valence-electron chi connectivity index (χ2n) is 4.43. The Kier molecular flexibility index (Phi) is 3.65. The Labute approximate surface area is 106 Å². The summed E-state index contributed by atoms with van der Waals surface area (Å²) in [5.41, 5.74) is 2.03. The lowest BCUT2D eigenvalue weighted by molar-refractivity contribution is -0.134. The number of nitrogens with one attached hydrogen (secondary N) is 1. The minimum Gasteiger partial charge on any atom is -0.496 e. The van der Waals surface area contributed by atoms with Gasteiger partial charge in [-0.1, -0.05) is 19.1 Å². The maximum Gasteiger partial charge on any atom is 0.234 e. The van der Waals surface area contributed by atoms with Gasteiger partial charge in [0, 0.05) is 6.42 Å². The number of imide groups is 1.